The van der Waals surface area contributed by atoms with Gasteiger partial charge in [0.05, 0.1) is 0 Å². The van der Waals surface area contributed by atoms with Crippen LogP contribution in [0.3, 0.4) is 0 Å². The highest BCUT2D eigenvalue weighted by atomic mass is 15.1. The fourth-order valence-corrected chi connectivity index (χ4v) is 2.93. The minimum absolute atomic E-state index is 0.981. The molecule has 0 atom stereocenters. The summed E-state index contributed by atoms with van der Waals surface area (Å²) in [6.45, 7) is 13.9. The van der Waals surface area contributed by atoms with Crippen LogP contribution in [0.15, 0.2) is 116 Å². The van der Waals surface area contributed by atoms with E-state index in [0.717, 1.165) is 17.1 Å². The zero-order valence-corrected chi connectivity index (χ0v) is 17.1. The van der Waals surface area contributed by atoms with Gasteiger partial charge in [-0.25, -0.2) is 0 Å². The van der Waals surface area contributed by atoms with E-state index >= 15 is 0 Å². The SMILES string of the molecule is C=C/C=C(\C=C)N(c1ccccc1)c1ccc(-c2ccc(C)cc2)cc1.CC. The van der Waals surface area contributed by atoms with Crippen LogP contribution < -0.4 is 4.90 Å². The third-order valence-corrected chi connectivity index (χ3v) is 4.28. The average molecular weight is 368 g/mol. The minimum atomic E-state index is 0.981. The van der Waals surface area contributed by atoms with Gasteiger partial charge in [-0.1, -0.05) is 93.2 Å². The van der Waals surface area contributed by atoms with E-state index in [1.807, 2.05) is 44.2 Å². The standard InChI is InChI=1S/C25H23N.C2H6/c1-4-9-23(5-2)26(24-10-7-6-8-11-24)25-18-16-22(17-19-25)21-14-12-20(3)13-15-21;1-2/h4-19H,1-2H2,3H3;1-2H3/b23-9+;. The summed E-state index contributed by atoms with van der Waals surface area (Å²) in [5, 5.41) is 0. The van der Waals surface area contributed by atoms with Crippen molar-refractivity contribution in [3.63, 3.8) is 0 Å². The summed E-state index contributed by atoms with van der Waals surface area (Å²) < 4.78 is 0. The number of rotatable bonds is 6. The predicted octanol–water partition coefficient (Wildman–Crippen LogP) is 8.08. The molecule has 0 fully saturated rings. The van der Waals surface area contributed by atoms with Gasteiger partial charge >= 0.3 is 0 Å². The van der Waals surface area contributed by atoms with Gasteiger partial charge < -0.3 is 4.90 Å². The molecular weight excluding hydrogens is 338 g/mol. The van der Waals surface area contributed by atoms with Crippen molar-refractivity contribution in [1.29, 1.82) is 0 Å². The smallest absolute Gasteiger partial charge is 0.0462 e. The second-order valence-corrected chi connectivity index (χ2v) is 6.12. The van der Waals surface area contributed by atoms with Gasteiger partial charge in [0.25, 0.3) is 0 Å². The van der Waals surface area contributed by atoms with Gasteiger partial charge in [0, 0.05) is 17.1 Å². The van der Waals surface area contributed by atoms with Crippen LogP contribution >= 0.6 is 0 Å². The van der Waals surface area contributed by atoms with Crippen molar-refractivity contribution in [2.75, 3.05) is 4.90 Å². The summed E-state index contributed by atoms with van der Waals surface area (Å²) in [5.41, 5.74) is 6.84. The third-order valence-electron chi connectivity index (χ3n) is 4.28. The first kappa shape index (κ1) is 21.0. The predicted molar refractivity (Wildman–Crippen MR) is 125 cm³/mol. The highest BCUT2D eigenvalue weighted by Gasteiger charge is 2.12. The first-order valence-electron chi connectivity index (χ1n) is 9.70. The number of nitrogens with zero attached hydrogens (tertiary/aromatic N) is 1. The maximum absolute atomic E-state index is 3.97. The summed E-state index contributed by atoms with van der Waals surface area (Å²) in [6, 6.07) is 27.5. The molecule has 0 heterocycles. The molecule has 0 aliphatic heterocycles. The van der Waals surface area contributed by atoms with Gasteiger partial charge in [-0.2, -0.15) is 0 Å². The molecular formula is C27H29N. The first-order chi connectivity index (χ1) is 13.7. The topological polar surface area (TPSA) is 3.24 Å². The number of aryl methyl sites for hydroxylation is 1. The Hall–Kier alpha value is -3.32. The second kappa shape index (κ2) is 10.7. The largest absolute Gasteiger partial charge is 0.311 e. The fraction of sp³-hybridized carbons (Fsp3) is 0.111. The van der Waals surface area contributed by atoms with Crippen LogP contribution in [-0.2, 0) is 0 Å². The van der Waals surface area contributed by atoms with E-state index in [4.69, 9.17) is 0 Å². The lowest BCUT2D eigenvalue weighted by Gasteiger charge is -2.26. The molecule has 0 aliphatic rings. The van der Waals surface area contributed by atoms with Crippen molar-refractivity contribution in [1.82, 2.24) is 0 Å². The molecule has 3 rings (SSSR count). The Morgan fingerprint density at radius 2 is 1.21 bits per heavy atom. The van der Waals surface area contributed by atoms with Crippen molar-refractivity contribution in [2.24, 2.45) is 0 Å². The van der Waals surface area contributed by atoms with Gasteiger partial charge in [0.1, 0.15) is 0 Å². The van der Waals surface area contributed by atoms with Crippen molar-refractivity contribution >= 4 is 11.4 Å². The van der Waals surface area contributed by atoms with E-state index in [2.05, 4.69) is 85.6 Å². The van der Waals surface area contributed by atoms with Crippen LogP contribution in [0.1, 0.15) is 19.4 Å². The van der Waals surface area contributed by atoms with Crippen molar-refractivity contribution < 1.29 is 0 Å². The van der Waals surface area contributed by atoms with Crippen molar-refractivity contribution in [3.8, 4) is 11.1 Å². The van der Waals surface area contributed by atoms with Crippen LogP contribution in [0.4, 0.5) is 11.4 Å². The molecule has 0 amide bonds. The molecule has 0 spiro atoms. The number of hydrogen-bond acceptors (Lipinski definition) is 1. The molecule has 3 aromatic rings. The lowest BCUT2D eigenvalue weighted by Crippen LogP contribution is -2.14. The Morgan fingerprint density at radius 3 is 1.71 bits per heavy atom. The zero-order chi connectivity index (χ0) is 20.4. The normalized spacial score (nSPS) is 10.5. The Kier molecular flexibility index (Phi) is 8.05. The van der Waals surface area contributed by atoms with Gasteiger partial charge in [-0.3, -0.25) is 0 Å². The molecule has 3 aromatic carbocycles. The zero-order valence-electron chi connectivity index (χ0n) is 17.1. The Balaban J connectivity index is 0.00000136. The van der Waals surface area contributed by atoms with E-state index in [-0.39, 0.29) is 0 Å². The van der Waals surface area contributed by atoms with Crippen LogP contribution in [-0.4, -0.2) is 0 Å². The van der Waals surface area contributed by atoms with Gasteiger partial charge in [-0.15, -0.1) is 0 Å². The molecule has 0 bridgehead atoms. The molecule has 1 heteroatoms. The maximum atomic E-state index is 3.97. The third kappa shape index (κ3) is 5.11. The number of anilines is 2. The van der Waals surface area contributed by atoms with E-state index < -0.39 is 0 Å². The molecule has 0 saturated heterocycles. The van der Waals surface area contributed by atoms with E-state index in [1.165, 1.54) is 16.7 Å². The van der Waals surface area contributed by atoms with Crippen LogP contribution in [0.25, 0.3) is 11.1 Å². The summed E-state index contributed by atoms with van der Waals surface area (Å²) in [4.78, 5) is 2.17. The molecule has 1 nitrogen and oxygen atoms in total. The van der Waals surface area contributed by atoms with Gasteiger partial charge in [-0.05, 0) is 54.5 Å². The van der Waals surface area contributed by atoms with Crippen LogP contribution in [0.5, 0.6) is 0 Å². The summed E-state index contributed by atoms with van der Waals surface area (Å²) in [6.07, 6.45) is 5.60. The lowest BCUT2D eigenvalue weighted by atomic mass is 10.0. The Labute approximate surface area is 170 Å². The summed E-state index contributed by atoms with van der Waals surface area (Å²) in [5.74, 6) is 0. The van der Waals surface area contributed by atoms with E-state index in [9.17, 15) is 0 Å². The molecule has 0 aliphatic carbocycles. The van der Waals surface area contributed by atoms with Gasteiger partial charge in [0.2, 0.25) is 0 Å². The molecule has 0 saturated carbocycles. The Morgan fingerprint density at radius 1 is 0.714 bits per heavy atom. The fourth-order valence-electron chi connectivity index (χ4n) is 2.93. The molecule has 0 aromatic heterocycles. The molecule has 28 heavy (non-hydrogen) atoms. The maximum Gasteiger partial charge on any atom is 0.0462 e. The number of hydrogen-bond donors (Lipinski definition) is 0. The minimum Gasteiger partial charge on any atom is -0.311 e. The number of para-hydroxylation sites is 1. The summed E-state index contributed by atoms with van der Waals surface area (Å²) >= 11 is 0. The number of benzene rings is 3. The van der Waals surface area contributed by atoms with Gasteiger partial charge in [0.15, 0.2) is 0 Å². The quantitative estimate of drug-likeness (QED) is 0.398. The second-order valence-electron chi connectivity index (χ2n) is 6.12. The van der Waals surface area contributed by atoms with Crippen LogP contribution in [0.2, 0.25) is 0 Å². The van der Waals surface area contributed by atoms with Crippen molar-refractivity contribution in [3.05, 3.63) is 122 Å². The first-order valence-corrected chi connectivity index (χ1v) is 9.70. The lowest BCUT2D eigenvalue weighted by molar-refractivity contribution is 1.21. The molecule has 0 unspecified atom stereocenters. The monoisotopic (exact) mass is 367 g/mol. The van der Waals surface area contributed by atoms with Crippen LogP contribution in [0, 0.1) is 6.92 Å². The Bertz CT molecular complexity index is 901. The highest BCUT2D eigenvalue weighted by Crippen LogP contribution is 2.32. The average Bonchev–Trinajstić information content (AvgIpc) is 2.76. The molecule has 0 radical (unpaired) electrons. The van der Waals surface area contributed by atoms with Crippen molar-refractivity contribution in [2.45, 2.75) is 20.8 Å². The molecule has 142 valence electrons. The van der Waals surface area contributed by atoms with E-state index in [0.29, 0.717) is 0 Å². The molecule has 0 N–H and O–H groups in total. The summed E-state index contributed by atoms with van der Waals surface area (Å²) in [7, 11) is 0. The number of allylic oxidation sites excluding steroid dienone is 3. The highest BCUT2D eigenvalue weighted by molar-refractivity contribution is 5.73. The van der Waals surface area contributed by atoms with E-state index in [1.54, 1.807) is 6.08 Å².